The number of rotatable bonds is 6. The number of nitrogens with two attached hydrogens (primary N) is 1. The van der Waals surface area contributed by atoms with E-state index in [-0.39, 0.29) is 11.8 Å². The van der Waals surface area contributed by atoms with Gasteiger partial charge >= 0.3 is 0 Å². The summed E-state index contributed by atoms with van der Waals surface area (Å²) in [7, 11) is 0. The number of benzene rings is 1. The highest BCUT2D eigenvalue weighted by atomic mass is 32.2. The molecular weight excluding hydrogens is 280 g/mol. The molecule has 0 aromatic heterocycles. The summed E-state index contributed by atoms with van der Waals surface area (Å²) in [6.45, 7) is 4.29. The zero-order valence-corrected chi connectivity index (χ0v) is 13.8. The number of thioether (sulfide) groups is 1. The highest BCUT2D eigenvalue weighted by Gasteiger charge is 2.26. The maximum Gasteiger partial charge on any atom is 0.220 e. The van der Waals surface area contributed by atoms with Crippen LogP contribution in [0.4, 0.5) is 5.69 Å². The maximum absolute atomic E-state index is 12.2. The molecule has 116 valence electrons. The molecule has 1 fully saturated rings. The molecule has 1 saturated carbocycles. The molecule has 1 aromatic carbocycles. The quantitative estimate of drug-likeness (QED) is 0.790. The van der Waals surface area contributed by atoms with Gasteiger partial charge in [-0.05, 0) is 48.6 Å². The van der Waals surface area contributed by atoms with Gasteiger partial charge in [-0.25, -0.2) is 0 Å². The first-order valence-corrected chi connectivity index (χ1v) is 8.89. The Balaban J connectivity index is 1.78. The number of carbonyl (C=O) groups excluding carboxylic acids is 1. The summed E-state index contributed by atoms with van der Waals surface area (Å²) in [4.78, 5) is 12.2. The minimum Gasteiger partial charge on any atom is -0.399 e. The largest absolute Gasteiger partial charge is 0.399 e. The van der Waals surface area contributed by atoms with E-state index in [1.807, 2.05) is 36.0 Å². The van der Waals surface area contributed by atoms with Crippen LogP contribution in [0.1, 0.15) is 51.0 Å². The van der Waals surface area contributed by atoms with E-state index in [2.05, 4.69) is 19.2 Å². The third-order valence-corrected chi connectivity index (χ3v) is 5.38. The number of carbonyl (C=O) groups is 1. The zero-order chi connectivity index (χ0) is 15.2. The third kappa shape index (κ3) is 4.95. The molecule has 1 aliphatic rings. The van der Waals surface area contributed by atoms with Gasteiger partial charge in [0.05, 0.1) is 0 Å². The van der Waals surface area contributed by atoms with Gasteiger partial charge in [0.25, 0.3) is 0 Å². The van der Waals surface area contributed by atoms with E-state index in [1.165, 1.54) is 17.7 Å². The predicted molar refractivity (Wildman–Crippen MR) is 91.6 cm³/mol. The normalized spacial score (nSPS) is 23.0. The highest BCUT2D eigenvalue weighted by molar-refractivity contribution is 7.99. The molecule has 0 spiro atoms. The van der Waals surface area contributed by atoms with Gasteiger partial charge < -0.3 is 11.1 Å². The molecule has 3 N–H and O–H groups in total. The number of hydrogen-bond acceptors (Lipinski definition) is 3. The van der Waals surface area contributed by atoms with Crippen LogP contribution in [0, 0.1) is 0 Å². The average Bonchev–Trinajstić information content (AvgIpc) is 2.87. The minimum absolute atomic E-state index is 0.173. The summed E-state index contributed by atoms with van der Waals surface area (Å²) in [5.41, 5.74) is 7.63. The van der Waals surface area contributed by atoms with Gasteiger partial charge in [0.1, 0.15) is 0 Å². The first-order valence-electron chi connectivity index (χ1n) is 7.85. The Labute approximate surface area is 132 Å². The Kier molecular flexibility index (Phi) is 5.97. The lowest BCUT2D eigenvalue weighted by Gasteiger charge is -2.16. The smallest absolute Gasteiger partial charge is 0.220 e. The van der Waals surface area contributed by atoms with Crippen molar-refractivity contribution in [3.63, 3.8) is 0 Å². The number of anilines is 1. The first-order chi connectivity index (χ1) is 10.1. The van der Waals surface area contributed by atoms with Gasteiger partial charge in [0, 0.05) is 23.4 Å². The molecule has 1 aliphatic carbocycles. The average molecular weight is 306 g/mol. The number of nitrogen functional groups attached to an aromatic ring is 1. The van der Waals surface area contributed by atoms with Crippen molar-refractivity contribution < 1.29 is 4.79 Å². The molecule has 0 saturated heterocycles. The van der Waals surface area contributed by atoms with E-state index in [9.17, 15) is 4.79 Å². The highest BCUT2D eigenvalue weighted by Crippen LogP contribution is 2.30. The fourth-order valence-electron chi connectivity index (χ4n) is 2.97. The standard InChI is InChI=1S/C17H26N2OS/c1-3-21-16-9-8-15(11-16)19-17(20)10-12(2)13-4-6-14(18)7-5-13/h4-7,12,15-16H,3,8-11,18H2,1-2H3,(H,19,20). The van der Waals surface area contributed by atoms with Crippen LogP contribution in [0.15, 0.2) is 24.3 Å². The number of nitrogens with one attached hydrogen (secondary N) is 1. The summed E-state index contributed by atoms with van der Waals surface area (Å²) < 4.78 is 0. The van der Waals surface area contributed by atoms with Gasteiger partial charge in [0.15, 0.2) is 0 Å². The van der Waals surface area contributed by atoms with E-state index in [0.717, 1.165) is 23.8 Å². The summed E-state index contributed by atoms with van der Waals surface area (Å²) in [5, 5.41) is 3.93. The van der Waals surface area contributed by atoms with Crippen LogP contribution >= 0.6 is 11.8 Å². The second kappa shape index (κ2) is 7.74. The monoisotopic (exact) mass is 306 g/mol. The van der Waals surface area contributed by atoms with Gasteiger partial charge in [-0.15, -0.1) is 0 Å². The van der Waals surface area contributed by atoms with Crippen molar-refractivity contribution >= 4 is 23.4 Å². The molecule has 1 aromatic rings. The van der Waals surface area contributed by atoms with Crippen molar-refractivity contribution in [1.29, 1.82) is 0 Å². The van der Waals surface area contributed by atoms with Gasteiger partial charge in [-0.1, -0.05) is 26.0 Å². The van der Waals surface area contributed by atoms with Crippen LogP contribution in [0.5, 0.6) is 0 Å². The molecule has 4 heteroatoms. The summed E-state index contributed by atoms with van der Waals surface area (Å²) in [5.74, 6) is 1.57. The maximum atomic E-state index is 12.2. The first kappa shape index (κ1) is 16.2. The molecule has 3 nitrogen and oxygen atoms in total. The fraction of sp³-hybridized carbons (Fsp3) is 0.588. The Bertz CT molecular complexity index is 460. The summed E-state index contributed by atoms with van der Waals surface area (Å²) in [6, 6.07) is 8.19. The zero-order valence-electron chi connectivity index (χ0n) is 13.0. The van der Waals surface area contributed by atoms with Gasteiger partial charge in [-0.3, -0.25) is 4.79 Å². The Morgan fingerprint density at radius 3 is 2.76 bits per heavy atom. The SMILES string of the molecule is CCSC1CCC(NC(=O)CC(C)c2ccc(N)cc2)C1. The summed E-state index contributed by atoms with van der Waals surface area (Å²) >= 11 is 2.02. The summed E-state index contributed by atoms with van der Waals surface area (Å²) in [6.07, 6.45) is 4.03. The van der Waals surface area contributed by atoms with E-state index in [4.69, 9.17) is 5.73 Å². The molecule has 2 rings (SSSR count). The van der Waals surface area contributed by atoms with Crippen molar-refractivity contribution in [2.24, 2.45) is 0 Å². The molecule has 0 bridgehead atoms. The van der Waals surface area contributed by atoms with Crippen LogP contribution in [0.3, 0.4) is 0 Å². The molecular formula is C17H26N2OS. The van der Waals surface area contributed by atoms with Crippen molar-refractivity contribution in [3.05, 3.63) is 29.8 Å². The third-order valence-electron chi connectivity index (χ3n) is 4.15. The molecule has 3 unspecified atom stereocenters. The Hall–Kier alpha value is -1.16. The lowest BCUT2D eigenvalue weighted by atomic mass is 9.97. The Morgan fingerprint density at radius 1 is 1.38 bits per heavy atom. The lowest BCUT2D eigenvalue weighted by molar-refractivity contribution is -0.122. The van der Waals surface area contributed by atoms with Crippen molar-refractivity contribution in [3.8, 4) is 0 Å². The van der Waals surface area contributed by atoms with Gasteiger partial charge in [-0.2, -0.15) is 11.8 Å². The van der Waals surface area contributed by atoms with Crippen LogP contribution < -0.4 is 11.1 Å². The van der Waals surface area contributed by atoms with E-state index >= 15 is 0 Å². The molecule has 0 aliphatic heterocycles. The number of hydrogen-bond donors (Lipinski definition) is 2. The molecule has 1 amide bonds. The molecule has 21 heavy (non-hydrogen) atoms. The predicted octanol–water partition coefficient (Wildman–Crippen LogP) is 3.55. The number of amides is 1. The molecule has 3 atom stereocenters. The topological polar surface area (TPSA) is 55.1 Å². The van der Waals surface area contributed by atoms with E-state index in [0.29, 0.717) is 12.5 Å². The fourth-order valence-corrected chi connectivity index (χ4v) is 4.11. The van der Waals surface area contributed by atoms with E-state index in [1.54, 1.807) is 0 Å². The van der Waals surface area contributed by atoms with Crippen molar-refractivity contribution in [2.45, 2.75) is 56.7 Å². The molecule has 0 radical (unpaired) electrons. The lowest BCUT2D eigenvalue weighted by Crippen LogP contribution is -2.33. The van der Waals surface area contributed by atoms with Crippen molar-refractivity contribution in [1.82, 2.24) is 5.32 Å². The van der Waals surface area contributed by atoms with E-state index < -0.39 is 0 Å². The second-order valence-corrected chi connectivity index (χ2v) is 7.50. The second-order valence-electron chi connectivity index (χ2n) is 5.93. The van der Waals surface area contributed by atoms with Crippen molar-refractivity contribution in [2.75, 3.05) is 11.5 Å². The van der Waals surface area contributed by atoms with Gasteiger partial charge in [0.2, 0.25) is 5.91 Å². The van der Waals surface area contributed by atoms with Crippen LogP contribution in [-0.2, 0) is 4.79 Å². The van der Waals surface area contributed by atoms with Crippen LogP contribution in [-0.4, -0.2) is 23.0 Å². The molecule has 0 heterocycles. The van der Waals surface area contributed by atoms with Crippen LogP contribution in [0.2, 0.25) is 0 Å². The Morgan fingerprint density at radius 2 is 2.10 bits per heavy atom. The van der Waals surface area contributed by atoms with Crippen LogP contribution in [0.25, 0.3) is 0 Å². The minimum atomic E-state index is 0.173.